The van der Waals surface area contributed by atoms with E-state index < -0.39 is 29.5 Å². The largest absolute Gasteiger partial charge is 0.467 e. The number of hydrogen-bond donors (Lipinski definition) is 1. The summed E-state index contributed by atoms with van der Waals surface area (Å²) in [7, 11) is 1.21. The van der Waals surface area contributed by atoms with E-state index in [-0.39, 0.29) is 12.0 Å². The molecule has 0 bridgehead atoms. The Balaban J connectivity index is 1.54. The van der Waals surface area contributed by atoms with Gasteiger partial charge in [0, 0.05) is 31.5 Å². The smallest absolute Gasteiger partial charge is 0.408 e. The van der Waals surface area contributed by atoms with Crippen LogP contribution in [0, 0.1) is 29.5 Å². The van der Waals surface area contributed by atoms with Crippen LogP contribution in [0.2, 0.25) is 5.02 Å². The number of halogens is 2. The van der Waals surface area contributed by atoms with Crippen LogP contribution in [0.25, 0.3) is 0 Å². The van der Waals surface area contributed by atoms with Crippen molar-refractivity contribution in [3.63, 3.8) is 0 Å². The molecule has 10 heteroatoms. The molecule has 1 saturated heterocycles. The van der Waals surface area contributed by atoms with Gasteiger partial charge in [0.1, 0.15) is 17.5 Å². The number of nitrogens with zero attached hydrogens (tertiary/aromatic N) is 3. The van der Waals surface area contributed by atoms with Gasteiger partial charge in [-0.15, -0.1) is 0 Å². The third-order valence-electron chi connectivity index (χ3n) is 6.54. The maximum Gasteiger partial charge on any atom is 0.408 e. The number of aromatic nitrogens is 2. The van der Waals surface area contributed by atoms with Gasteiger partial charge in [-0.25, -0.2) is 23.9 Å². The van der Waals surface area contributed by atoms with E-state index in [9.17, 15) is 14.0 Å². The first-order valence-electron chi connectivity index (χ1n) is 13.0. The molecule has 0 aliphatic carbocycles. The van der Waals surface area contributed by atoms with Crippen LogP contribution in [0.4, 0.5) is 15.1 Å². The number of carbonyl (C=O) groups is 2. The van der Waals surface area contributed by atoms with E-state index in [1.165, 1.54) is 13.2 Å². The molecular weight excluding hydrogens is 523 g/mol. The Bertz CT molecular complexity index is 1200. The second-order valence-electron chi connectivity index (χ2n) is 10.7. The standard InChI is InChI=1S/C29H36ClFN4O4/c1-19(21-11-13-35(14-12-21)27-32-17-23(30)18-33-27)7-6-8-20-9-10-22(24(31)15-20)16-25(26(36)38-5)34-28(37)39-29(2,3)4/h9-10,15,17-19,21,25H,7,11-14,16H2,1-5H3,(H,34,37)/t19-,25+/m1/s1. The topological polar surface area (TPSA) is 93.6 Å². The van der Waals surface area contributed by atoms with Gasteiger partial charge >= 0.3 is 12.1 Å². The quantitative estimate of drug-likeness (QED) is 0.370. The van der Waals surface area contributed by atoms with Crippen molar-refractivity contribution in [1.82, 2.24) is 15.3 Å². The van der Waals surface area contributed by atoms with Gasteiger partial charge in [-0.05, 0) is 63.1 Å². The predicted octanol–water partition coefficient (Wildman–Crippen LogP) is 5.17. The molecule has 0 radical (unpaired) electrons. The molecule has 8 nitrogen and oxygen atoms in total. The van der Waals surface area contributed by atoms with Gasteiger partial charge in [0.15, 0.2) is 0 Å². The van der Waals surface area contributed by atoms with Crippen molar-refractivity contribution in [3.05, 3.63) is 52.6 Å². The first-order valence-corrected chi connectivity index (χ1v) is 13.4. The summed E-state index contributed by atoms with van der Waals surface area (Å²) in [6, 6.07) is 3.54. The molecule has 0 spiro atoms. The van der Waals surface area contributed by atoms with E-state index in [1.807, 2.05) is 0 Å². The molecule has 1 aromatic heterocycles. The number of ether oxygens (including phenoxy) is 2. The Morgan fingerprint density at radius 2 is 1.90 bits per heavy atom. The van der Waals surface area contributed by atoms with Crippen LogP contribution in [-0.4, -0.2) is 53.9 Å². The minimum absolute atomic E-state index is 0.0811. The number of anilines is 1. The van der Waals surface area contributed by atoms with Crippen LogP contribution >= 0.6 is 11.6 Å². The minimum atomic E-state index is -1.09. The lowest BCUT2D eigenvalue weighted by atomic mass is 9.84. The number of alkyl carbamates (subject to hydrolysis) is 1. The van der Waals surface area contributed by atoms with Crippen molar-refractivity contribution in [1.29, 1.82) is 0 Å². The van der Waals surface area contributed by atoms with Crippen LogP contribution < -0.4 is 10.2 Å². The Morgan fingerprint density at radius 3 is 2.49 bits per heavy atom. The number of rotatable bonds is 7. The van der Waals surface area contributed by atoms with Crippen molar-refractivity contribution in [2.75, 3.05) is 25.1 Å². The summed E-state index contributed by atoms with van der Waals surface area (Å²) in [5.74, 6) is 6.69. The molecule has 1 aliphatic rings. The predicted molar refractivity (Wildman–Crippen MR) is 148 cm³/mol. The highest BCUT2D eigenvalue weighted by Gasteiger charge is 2.27. The highest BCUT2D eigenvalue weighted by Crippen LogP contribution is 2.28. The third kappa shape index (κ3) is 9.39. The van der Waals surface area contributed by atoms with E-state index in [4.69, 9.17) is 21.1 Å². The highest BCUT2D eigenvalue weighted by atomic mass is 35.5. The lowest BCUT2D eigenvalue weighted by Gasteiger charge is -2.34. The lowest BCUT2D eigenvalue weighted by molar-refractivity contribution is -0.143. The molecule has 3 rings (SSSR count). The average molecular weight is 559 g/mol. The molecule has 1 amide bonds. The van der Waals surface area contributed by atoms with Crippen LogP contribution in [0.15, 0.2) is 30.6 Å². The summed E-state index contributed by atoms with van der Waals surface area (Å²) < 4.78 is 24.8. The van der Waals surface area contributed by atoms with Crippen LogP contribution in [0.3, 0.4) is 0 Å². The van der Waals surface area contributed by atoms with Gasteiger partial charge in [0.2, 0.25) is 5.95 Å². The molecule has 1 aromatic carbocycles. The van der Waals surface area contributed by atoms with E-state index in [1.54, 1.807) is 45.3 Å². The van der Waals surface area contributed by atoms with E-state index in [2.05, 4.69) is 38.9 Å². The van der Waals surface area contributed by atoms with Gasteiger partial charge in [-0.1, -0.05) is 36.4 Å². The Morgan fingerprint density at radius 1 is 1.23 bits per heavy atom. The number of benzene rings is 1. The number of amides is 1. The first kappa shape index (κ1) is 30.2. The fourth-order valence-electron chi connectivity index (χ4n) is 4.41. The van der Waals surface area contributed by atoms with Crippen molar-refractivity contribution < 1.29 is 23.5 Å². The van der Waals surface area contributed by atoms with Crippen LogP contribution in [0.5, 0.6) is 0 Å². The van der Waals surface area contributed by atoms with Gasteiger partial charge < -0.3 is 19.7 Å². The summed E-state index contributed by atoms with van der Waals surface area (Å²) >= 11 is 5.88. The molecule has 0 unspecified atom stereocenters. The third-order valence-corrected chi connectivity index (χ3v) is 6.74. The molecule has 1 fully saturated rings. The van der Waals surface area contributed by atoms with E-state index >= 15 is 0 Å². The molecule has 39 heavy (non-hydrogen) atoms. The average Bonchev–Trinajstić information content (AvgIpc) is 2.88. The van der Waals surface area contributed by atoms with Gasteiger partial charge in [0.25, 0.3) is 0 Å². The maximum atomic E-state index is 14.9. The Hall–Kier alpha value is -3.38. The Kier molecular flexibility index (Phi) is 10.5. The first-order chi connectivity index (χ1) is 18.4. The number of hydrogen-bond acceptors (Lipinski definition) is 7. The lowest BCUT2D eigenvalue weighted by Crippen LogP contribution is -2.45. The summed E-state index contributed by atoms with van der Waals surface area (Å²) in [5.41, 5.74) is 0.0713. The second-order valence-corrected chi connectivity index (χ2v) is 11.2. The molecule has 2 atom stereocenters. The van der Waals surface area contributed by atoms with Crippen molar-refractivity contribution in [2.45, 2.75) is 65.0 Å². The Labute approximate surface area is 234 Å². The molecular formula is C29H36ClFN4O4. The SMILES string of the molecule is COC(=O)[C@H](Cc1ccc(C#CC[C@@H](C)C2CCN(c3ncc(Cl)cn3)CC2)cc1F)NC(=O)OC(C)(C)C. The zero-order valence-electron chi connectivity index (χ0n) is 23.1. The summed E-state index contributed by atoms with van der Waals surface area (Å²) in [6.45, 7) is 9.09. The maximum absolute atomic E-state index is 14.9. The molecule has 1 N–H and O–H groups in total. The number of carbonyl (C=O) groups excluding carboxylic acids is 2. The zero-order chi connectivity index (χ0) is 28.6. The second kappa shape index (κ2) is 13.6. The van der Waals surface area contributed by atoms with Gasteiger partial charge in [-0.3, -0.25) is 0 Å². The summed E-state index contributed by atoms with van der Waals surface area (Å²) in [4.78, 5) is 35.1. The monoisotopic (exact) mass is 558 g/mol. The number of piperidine rings is 1. The van der Waals surface area contributed by atoms with Crippen LogP contribution in [0.1, 0.15) is 58.1 Å². The van der Waals surface area contributed by atoms with E-state index in [0.29, 0.717) is 34.8 Å². The fourth-order valence-corrected chi connectivity index (χ4v) is 4.51. The highest BCUT2D eigenvalue weighted by molar-refractivity contribution is 6.30. The summed E-state index contributed by atoms with van der Waals surface area (Å²) in [5, 5.41) is 2.99. The van der Waals surface area contributed by atoms with Crippen LogP contribution in [-0.2, 0) is 20.7 Å². The molecule has 0 saturated carbocycles. The number of nitrogens with one attached hydrogen (secondary N) is 1. The molecule has 2 heterocycles. The van der Waals surface area contributed by atoms with Crippen molar-refractivity contribution in [2.24, 2.45) is 11.8 Å². The minimum Gasteiger partial charge on any atom is -0.467 e. The molecule has 2 aromatic rings. The number of esters is 1. The van der Waals surface area contributed by atoms with Crippen molar-refractivity contribution in [3.8, 4) is 11.8 Å². The van der Waals surface area contributed by atoms with Gasteiger partial charge in [0.05, 0.1) is 24.5 Å². The fraction of sp³-hybridized carbons (Fsp3) is 0.517. The van der Waals surface area contributed by atoms with E-state index in [0.717, 1.165) is 25.9 Å². The number of methoxy groups -OCH3 is 1. The zero-order valence-corrected chi connectivity index (χ0v) is 23.8. The van der Waals surface area contributed by atoms with Gasteiger partial charge in [-0.2, -0.15) is 0 Å². The van der Waals surface area contributed by atoms with Crippen molar-refractivity contribution >= 4 is 29.6 Å². The molecule has 210 valence electrons. The molecule has 1 aliphatic heterocycles. The summed E-state index contributed by atoms with van der Waals surface area (Å²) in [6.07, 6.45) is 5.12. The normalized spacial score (nSPS) is 15.5.